The number of hydrogen-bond donors (Lipinski definition) is 3. The van der Waals surface area contributed by atoms with E-state index >= 15 is 0 Å². The van der Waals surface area contributed by atoms with Crippen LogP contribution in [0.15, 0.2) is 23.2 Å². The number of sulfonamides is 1. The first-order valence-electron chi connectivity index (χ1n) is 5.79. The van der Waals surface area contributed by atoms with Crippen molar-refractivity contribution in [2.24, 2.45) is 0 Å². The number of aryl methyl sites for hydroxylation is 1. The Morgan fingerprint density at radius 1 is 1.43 bits per heavy atom. The van der Waals surface area contributed by atoms with Crippen molar-refractivity contribution in [1.82, 2.24) is 9.97 Å². The number of halogens is 1. The Kier molecular flexibility index (Phi) is 3.93. The zero-order valence-electron chi connectivity index (χ0n) is 11.1. The van der Waals surface area contributed by atoms with E-state index in [-0.39, 0.29) is 32.7 Å². The van der Waals surface area contributed by atoms with Gasteiger partial charge in [-0.3, -0.25) is 4.72 Å². The first kappa shape index (κ1) is 15.3. The Balaban J connectivity index is 2.48. The second-order valence-corrected chi connectivity index (χ2v) is 6.36. The predicted molar refractivity (Wildman–Crippen MR) is 77.3 cm³/mol. The summed E-state index contributed by atoms with van der Waals surface area (Å²) < 4.78 is 27.2. The van der Waals surface area contributed by atoms with Crippen LogP contribution in [-0.4, -0.2) is 29.5 Å². The van der Waals surface area contributed by atoms with Gasteiger partial charge in [-0.05, 0) is 26.0 Å². The van der Waals surface area contributed by atoms with Crippen molar-refractivity contribution < 1.29 is 18.3 Å². The van der Waals surface area contributed by atoms with Crippen LogP contribution < -0.4 is 4.72 Å². The molecule has 0 aliphatic rings. The molecule has 112 valence electrons. The van der Waals surface area contributed by atoms with Crippen molar-refractivity contribution in [3.8, 4) is 0 Å². The van der Waals surface area contributed by atoms with E-state index in [9.17, 15) is 13.2 Å². The van der Waals surface area contributed by atoms with E-state index in [1.807, 2.05) is 0 Å². The fourth-order valence-corrected chi connectivity index (χ4v) is 3.69. The molecule has 0 aliphatic carbocycles. The van der Waals surface area contributed by atoms with Gasteiger partial charge in [0.05, 0.1) is 5.69 Å². The highest BCUT2D eigenvalue weighted by molar-refractivity contribution is 7.92. The number of nitrogens with one attached hydrogen (secondary N) is 2. The van der Waals surface area contributed by atoms with Crippen LogP contribution in [-0.2, 0) is 10.0 Å². The monoisotopic (exact) mass is 329 g/mol. The first-order valence-corrected chi connectivity index (χ1v) is 7.65. The number of H-pyrrole nitrogens is 1. The molecule has 0 saturated heterocycles. The lowest BCUT2D eigenvalue weighted by Gasteiger charge is -2.08. The number of carboxylic acid groups (broad SMARTS) is 1. The van der Waals surface area contributed by atoms with Crippen LogP contribution in [0.25, 0.3) is 0 Å². The number of anilines is 1. The average Bonchev–Trinajstić information content (AvgIpc) is 2.64. The van der Waals surface area contributed by atoms with Gasteiger partial charge in [0.1, 0.15) is 15.7 Å². The fourth-order valence-electron chi connectivity index (χ4n) is 2.02. The highest BCUT2D eigenvalue weighted by Gasteiger charge is 2.26. The van der Waals surface area contributed by atoms with Gasteiger partial charge < -0.3 is 10.1 Å². The number of pyridine rings is 1. The van der Waals surface area contributed by atoms with E-state index in [4.69, 9.17) is 16.7 Å². The van der Waals surface area contributed by atoms with Crippen molar-refractivity contribution in [2.75, 3.05) is 4.72 Å². The van der Waals surface area contributed by atoms with E-state index < -0.39 is 16.0 Å². The molecule has 21 heavy (non-hydrogen) atoms. The van der Waals surface area contributed by atoms with E-state index in [1.54, 1.807) is 0 Å². The summed E-state index contributed by atoms with van der Waals surface area (Å²) in [5.41, 5.74) is 0.484. The molecule has 0 radical (unpaired) electrons. The van der Waals surface area contributed by atoms with Gasteiger partial charge in [0, 0.05) is 17.5 Å². The Bertz CT molecular complexity index is 814. The van der Waals surface area contributed by atoms with Gasteiger partial charge in [-0.2, -0.15) is 0 Å². The van der Waals surface area contributed by atoms with Gasteiger partial charge in [0.25, 0.3) is 10.0 Å². The van der Waals surface area contributed by atoms with Crippen LogP contribution >= 0.6 is 11.6 Å². The molecule has 0 saturated carbocycles. The van der Waals surface area contributed by atoms with E-state index in [0.717, 1.165) is 0 Å². The number of aromatic carboxylic acids is 1. The molecule has 9 heteroatoms. The van der Waals surface area contributed by atoms with Gasteiger partial charge in [0.2, 0.25) is 0 Å². The number of carboxylic acids is 1. The molecule has 0 unspecified atom stereocenters. The molecule has 0 atom stereocenters. The van der Waals surface area contributed by atoms with Gasteiger partial charge in [0.15, 0.2) is 0 Å². The van der Waals surface area contributed by atoms with Gasteiger partial charge in [-0.1, -0.05) is 11.6 Å². The topological polar surface area (TPSA) is 112 Å². The third-order valence-electron chi connectivity index (χ3n) is 2.83. The maximum Gasteiger partial charge on any atom is 0.352 e. The van der Waals surface area contributed by atoms with Crippen LogP contribution in [0.5, 0.6) is 0 Å². The SMILES string of the molecule is Cc1[nH]c(C(=O)O)c(C)c1S(=O)(=O)Nc1ccnc(Cl)c1. The summed E-state index contributed by atoms with van der Waals surface area (Å²) >= 11 is 5.70. The molecule has 3 N–H and O–H groups in total. The highest BCUT2D eigenvalue weighted by atomic mass is 35.5. The molecular weight excluding hydrogens is 318 g/mol. The molecule has 2 aromatic heterocycles. The normalized spacial score (nSPS) is 11.4. The summed E-state index contributed by atoms with van der Waals surface area (Å²) in [5.74, 6) is -1.22. The smallest absolute Gasteiger partial charge is 0.352 e. The van der Waals surface area contributed by atoms with Gasteiger partial charge in [-0.15, -0.1) is 0 Å². The maximum absolute atomic E-state index is 12.4. The molecule has 0 spiro atoms. The average molecular weight is 330 g/mol. The summed E-state index contributed by atoms with van der Waals surface area (Å²) in [5, 5.41) is 9.17. The second-order valence-electron chi connectivity index (χ2n) is 4.36. The lowest BCUT2D eigenvalue weighted by molar-refractivity contribution is 0.0690. The molecule has 2 rings (SSSR count). The Labute approximate surface area is 126 Å². The van der Waals surface area contributed by atoms with E-state index in [2.05, 4.69) is 14.7 Å². The predicted octanol–water partition coefficient (Wildman–Crippen LogP) is 2.18. The minimum atomic E-state index is -3.94. The van der Waals surface area contributed by atoms with Crippen LogP contribution in [0.3, 0.4) is 0 Å². The summed E-state index contributed by atoms with van der Waals surface area (Å²) in [6.07, 6.45) is 1.36. The zero-order chi connectivity index (χ0) is 15.8. The number of rotatable bonds is 4. The highest BCUT2D eigenvalue weighted by Crippen LogP contribution is 2.25. The minimum absolute atomic E-state index is 0.0900. The third kappa shape index (κ3) is 3.01. The molecule has 0 bridgehead atoms. The molecule has 7 nitrogen and oxygen atoms in total. The standard InChI is InChI=1S/C12H12ClN3O4S/c1-6-10(12(17)18)15-7(2)11(6)21(19,20)16-8-3-4-14-9(13)5-8/h3-5,15H,1-2H3,(H,14,16)(H,17,18). The molecule has 2 aromatic rings. The van der Waals surface area contributed by atoms with Crippen molar-refractivity contribution in [2.45, 2.75) is 18.7 Å². The fraction of sp³-hybridized carbons (Fsp3) is 0.167. The third-order valence-corrected chi connectivity index (χ3v) is 4.69. The van der Waals surface area contributed by atoms with E-state index in [0.29, 0.717) is 0 Å². The molecule has 0 aliphatic heterocycles. The lowest BCUT2D eigenvalue weighted by atomic mass is 10.2. The number of aromatic nitrogens is 2. The summed E-state index contributed by atoms with van der Waals surface area (Å²) in [4.78, 5) is 17.3. The first-order chi connectivity index (χ1) is 9.72. The number of hydrogen-bond acceptors (Lipinski definition) is 4. The van der Waals surface area contributed by atoms with Crippen molar-refractivity contribution in [3.05, 3.63) is 40.4 Å². The zero-order valence-corrected chi connectivity index (χ0v) is 12.7. The van der Waals surface area contributed by atoms with Crippen LogP contribution in [0.2, 0.25) is 5.15 Å². The van der Waals surface area contributed by atoms with Crippen LogP contribution in [0.4, 0.5) is 5.69 Å². The summed E-state index contributed by atoms with van der Waals surface area (Å²) in [6, 6.07) is 2.80. The summed E-state index contributed by atoms with van der Waals surface area (Å²) in [7, 11) is -3.94. The number of carbonyl (C=O) groups is 1. The Morgan fingerprint density at radius 2 is 2.10 bits per heavy atom. The van der Waals surface area contributed by atoms with Gasteiger partial charge >= 0.3 is 5.97 Å². The van der Waals surface area contributed by atoms with Gasteiger partial charge in [-0.25, -0.2) is 18.2 Å². The van der Waals surface area contributed by atoms with E-state index in [1.165, 1.54) is 32.2 Å². The van der Waals surface area contributed by atoms with Crippen LogP contribution in [0.1, 0.15) is 21.7 Å². The Morgan fingerprint density at radius 3 is 2.62 bits per heavy atom. The minimum Gasteiger partial charge on any atom is -0.477 e. The van der Waals surface area contributed by atoms with Crippen molar-refractivity contribution in [3.63, 3.8) is 0 Å². The molecule has 0 fully saturated rings. The number of nitrogens with zero attached hydrogens (tertiary/aromatic N) is 1. The quantitative estimate of drug-likeness (QED) is 0.744. The molecule has 0 aromatic carbocycles. The Hall–Kier alpha value is -2.06. The van der Waals surface area contributed by atoms with Crippen molar-refractivity contribution in [1.29, 1.82) is 0 Å². The maximum atomic E-state index is 12.4. The lowest BCUT2D eigenvalue weighted by Crippen LogP contribution is -2.14. The largest absolute Gasteiger partial charge is 0.477 e. The second kappa shape index (κ2) is 5.38. The summed E-state index contributed by atoms with van der Waals surface area (Å²) in [6.45, 7) is 2.93. The molecule has 2 heterocycles. The van der Waals surface area contributed by atoms with Crippen molar-refractivity contribution >= 4 is 33.3 Å². The molecule has 0 amide bonds. The number of aromatic amines is 1. The molecular formula is C12H12ClN3O4S. The van der Waals surface area contributed by atoms with Crippen LogP contribution in [0, 0.1) is 13.8 Å².